The van der Waals surface area contributed by atoms with E-state index in [0.29, 0.717) is 16.4 Å². The molecule has 3 saturated heterocycles. The molecule has 3 amide bonds. The summed E-state index contributed by atoms with van der Waals surface area (Å²) in [5.41, 5.74) is 2.00. The zero-order chi connectivity index (χ0) is 24.9. The third kappa shape index (κ3) is 3.74. The van der Waals surface area contributed by atoms with Gasteiger partial charge in [0.25, 0.3) is 0 Å². The van der Waals surface area contributed by atoms with Gasteiger partial charge in [-0.2, -0.15) is 0 Å². The summed E-state index contributed by atoms with van der Waals surface area (Å²) in [6, 6.07) is 13.7. The van der Waals surface area contributed by atoms with E-state index in [2.05, 4.69) is 17.6 Å². The Hall–Kier alpha value is -2.55. The minimum Gasteiger partial charge on any atom is -0.395 e. The molecule has 0 saturated carbocycles. The number of aliphatic hydroxyl groups excluding tert-OH is 1. The fraction of sp³-hybridized carbons (Fsp3) is 0.423. The van der Waals surface area contributed by atoms with Crippen LogP contribution in [0, 0.1) is 24.7 Å². The lowest BCUT2D eigenvalue weighted by molar-refractivity contribution is -0.138. The number of nitrogens with zero attached hydrogens (tertiary/aromatic N) is 1. The van der Waals surface area contributed by atoms with Crippen molar-refractivity contribution in [1.82, 2.24) is 4.90 Å². The van der Waals surface area contributed by atoms with E-state index in [1.165, 1.54) is 4.90 Å². The van der Waals surface area contributed by atoms with Crippen LogP contribution in [-0.4, -0.2) is 56.9 Å². The van der Waals surface area contributed by atoms with Gasteiger partial charge in [-0.05, 0) is 43.0 Å². The normalized spacial score (nSPS) is 30.9. The van der Waals surface area contributed by atoms with Crippen LogP contribution in [0.3, 0.4) is 0 Å². The molecule has 0 aliphatic carbocycles. The van der Waals surface area contributed by atoms with Crippen molar-refractivity contribution in [2.24, 2.45) is 17.8 Å². The number of hydrogen-bond acceptors (Lipinski definition) is 5. The van der Waals surface area contributed by atoms with Crippen molar-refractivity contribution < 1.29 is 19.5 Å². The third-order valence-electron chi connectivity index (χ3n) is 7.65. The summed E-state index contributed by atoms with van der Waals surface area (Å²) in [6.07, 6.45) is 0.739. The molecule has 3 aliphatic rings. The Labute approximate surface area is 213 Å². The fourth-order valence-corrected chi connectivity index (χ4v) is 8.89. The number of para-hydroxylation sites is 2. The summed E-state index contributed by atoms with van der Waals surface area (Å²) in [7, 11) is 0. The van der Waals surface area contributed by atoms with Gasteiger partial charge >= 0.3 is 0 Å². The van der Waals surface area contributed by atoms with Gasteiger partial charge in [-0.1, -0.05) is 48.9 Å². The highest BCUT2D eigenvalue weighted by atomic mass is 35.5. The van der Waals surface area contributed by atoms with Gasteiger partial charge < -0.3 is 20.6 Å². The van der Waals surface area contributed by atoms with Crippen LogP contribution in [0.1, 0.15) is 18.9 Å². The maximum absolute atomic E-state index is 13.8. The molecule has 9 heteroatoms. The second kappa shape index (κ2) is 9.15. The van der Waals surface area contributed by atoms with E-state index in [4.69, 9.17) is 11.6 Å². The highest BCUT2D eigenvalue weighted by Gasteiger charge is 2.75. The van der Waals surface area contributed by atoms with Crippen molar-refractivity contribution in [3.8, 4) is 0 Å². The number of amides is 3. The first-order valence-corrected chi connectivity index (χ1v) is 13.1. The van der Waals surface area contributed by atoms with Crippen LogP contribution >= 0.6 is 23.4 Å². The van der Waals surface area contributed by atoms with Crippen molar-refractivity contribution in [3.63, 3.8) is 0 Å². The number of thioether (sulfide) groups is 1. The molecule has 2 aromatic rings. The maximum atomic E-state index is 13.8. The van der Waals surface area contributed by atoms with E-state index >= 15 is 0 Å². The highest BCUT2D eigenvalue weighted by molar-refractivity contribution is 8.02. The molecule has 7 nitrogen and oxygen atoms in total. The van der Waals surface area contributed by atoms with Crippen molar-refractivity contribution in [1.29, 1.82) is 0 Å². The number of aliphatic hydroxyl groups is 1. The lowest BCUT2D eigenvalue weighted by atomic mass is 9.66. The SMILES string of the molecule is Cc1cccc(Cl)c1NC(=O)C1N(CCO)C(=O)[C@@H]2[C@H](C(=O)Nc3ccccc3)[C@@H]3CC(C)C12S3. The number of halogens is 1. The van der Waals surface area contributed by atoms with E-state index < -0.39 is 22.6 Å². The number of rotatable bonds is 6. The topological polar surface area (TPSA) is 98.7 Å². The van der Waals surface area contributed by atoms with Gasteiger partial charge in [0.05, 0.1) is 33.9 Å². The molecular weight excluding hydrogens is 486 g/mol. The molecule has 35 heavy (non-hydrogen) atoms. The Balaban J connectivity index is 1.51. The van der Waals surface area contributed by atoms with Crippen LogP contribution in [0.5, 0.6) is 0 Å². The summed E-state index contributed by atoms with van der Waals surface area (Å²) in [5, 5.41) is 16.0. The summed E-state index contributed by atoms with van der Waals surface area (Å²) in [4.78, 5) is 42.5. The zero-order valence-corrected chi connectivity index (χ0v) is 21.1. The number of β-amino-alcohol motifs (C(OH)–C–C–N with tert-alkyl or cyclic N) is 1. The average molecular weight is 514 g/mol. The predicted molar refractivity (Wildman–Crippen MR) is 137 cm³/mol. The molecular formula is C26H28ClN3O4S. The molecule has 5 rings (SSSR count). The second-order valence-corrected chi connectivity index (χ2v) is 11.5. The number of nitrogens with one attached hydrogen (secondary N) is 2. The summed E-state index contributed by atoms with van der Waals surface area (Å²) in [6.45, 7) is 3.67. The van der Waals surface area contributed by atoms with Crippen molar-refractivity contribution in [2.45, 2.75) is 36.3 Å². The number of benzene rings is 2. The molecule has 1 spiro atoms. The highest BCUT2D eigenvalue weighted by Crippen LogP contribution is 2.68. The molecule has 3 unspecified atom stereocenters. The minimum absolute atomic E-state index is 0.0294. The second-order valence-electron chi connectivity index (χ2n) is 9.58. The standard InChI is InChI=1S/C26H28ClN3O4S/c1-14-7-6-10-17(27)21(14)29-24(33)22-26-15(2)13-18(35-26)19(20(26)25(34)30(22)11-12-31)23(32)28-16-8-4-3-5-9-16/h3-10,15,18-20,22,31H,11-13H2,1-2H3,(H,28,32)(H,29,33)/t15?,18-,19+,20-,22?,26?/m0/s1. The smallest absolute Gasteiger partial charge is 0.248 e. The molecule has 184 valence electrons. The van der Waals surface area contributed by atoms with Gasteiger partial charge in [-0.25, -0.2) is 0 Å². The number of likely N-dealkylation sites (tertiary alicyclic amines) is 1. The Morgan fingerprint density at radius 3 is 2.57 bits per heavy atom. The van der Waals surface area contributed by atoms with Gasteiger partial charge in [0.2, 0.25) is 17.7 Å². The van der Waals surface area contributed by atoms with Gasteiger partial charge in [0.1, 0.15) is 6.04 Å². The number of carbonyl (C=O) groups excluding carboxylic acids is 3. The summed E-state index contributed by atoms with van der Waals surface area (Å²) >= 11 is 7.97. The van der Waals surface area contributed by atoms with Crippen molar-refractivity contribution in [3.05, 3.63) is 59.1 Å². The quantitative estimate of drug-likeness (QED) is 0.548. The number of hydrogen-bond donors (Lipinski definition) is 3. The molecule has 2 bridgehead atoms. The number of anilines is 2. The first-order valence-electron chi connectivity index (χ1n) is 11.8. The molecule has 3 heterocycles. The Kier molecular flexibility index (Phi) is 6.32. The van der Waals surface area contributed by atoms with Gasteiger partial charge in [-0.15, -0.1) is 11.8 Å². The zero-order valence-electron chi connectivity index (χ0n) is 19.5. The third-order valence-corrected chi connectivity index (χ3v) is 10.0. The molecule has 3 aliphatic heterocycles. The van der Waals surface area contributed by atoms with Crippen LogP contribution in [0.15, 0.2) is 48.5 Å². The van der Waals surface area contributed by atoms with Crippen molar-refractivity contribution in [2.75, 3.05) is 23.8 Å². The summed E-state index contributed by atoms with van der Waals surface area (Å²) < 4.78 is -0.755. The minimum atomic E-state index is -0.817. The fourth-order valence-electron chi connectivity index (χ4n) is 6.20. The molecule has 2 aromatic carbocycles. The van der Waals surface area contributed by atoms with Crippen LogP contribution in [0.2, 0.25) is 5.02 Å². The van der Waals surface area contributed by atoms with Gasteiger partial charge in [-0.3, -0.25) is 14.4 Å². The average Bonchev–Trinajstić information content (AvgIpc) is 3.41. The predicted octanol–water partition coefficient (Wildman–Crippen LogP) is 3.56. The molecule has 0 radical (unpaired) electrons. The van der Waals surface area contributed by atoms with E-state index in [9.17, 15) is 19.5 Å². The lowest BCUT2D eigenvalue weighted by Crippen LogP contribution is -2.55. The monoisotopic (exact) mass is 513 g/mol. The molecule has 3 N–H and O–H groups in total. The number of carbonyl (C=O) groups is 3. The van der Waals surface area contributed by atoms with E-state index in [0.717, 1.165) is 12.0 Å². The van der Waals surface area contributed by atoms with E-state index in [-0.39, 0.29) is 42.0 Å². The lowest BCUT2D eigenvalue weighted by Gasteiger charge is -2.38. The molecule has 0 aromatic heterocycles. The number of fused-ring (bicyclic) bond motifs is 1. The Bertz CT molecular complexity index is 1160. The van der Waals surface area contributed by atoms with E-state index in [1.54, 1.807) is 17.8 Å². The largest absolute Gasteiger partial charge is 0.395 e. The maximum Gasteiger partial charge on any atom is 0.248 e. The van der Waals surface area contributed by atoms with E-state index in [1.807, 2.05) is 49.4 Å². The van der Waals surface area contributed by atoms with Gasteiger partial charge in [0.15, 0.2) is 0 Å². The summed E-state index contributed by atoms with van der Waals surface area (Å²) in [5.74, 6) is -1.93. The Morgan fingerprint density at radius 1 is 1.14 bits per heavy atom. The van der Waals surface area contributed by atoms with Crippen LogP contribution in [0.4, 0.5) is 11.4 Å². The van der Waals surface area contributed by atoms with Gasteiger partial charge in [0, 0.05) is 17.5 Å². The Morgan fingerprint density at radius 2 is 1.89 bits per heavy atom. The first-order chi connectivity index (χ1) is 16.8. The van der Waals surface area contributed by atoms with Crippen LogP contribution in [0.25, 0.3) is 0 Å². The van der Waals surface area contributed by atoms with Crippen LogP contribution < -0.4 is 10.6 Å². The molecule has 6 atom stereocenters. The first kappa shape index (κ1) is 24.2. The molecule has 3 fully saturated rings. The van der Waals surface area contributed by atoms with Crippen molar-refractivity contribution >= 4 is 52.5 Å². The number of aryl methyl sites for hydroxylation is 1. The van der Waals surface area contributed by atoms with Crippen LogP contribution in [-0.2, 0) is 14.4 Å².